The maximum absolute atomic E-state index is 13.8. The number of amides is 1. The van der Waals surface area contributed by atoms with Crippen LogP contribution in [0.15, 0.2) is 36.4 Å². The lowest BCUT2D eigenvalue weighted by molar-refractivity contribution is 0.100. The van der Waals surface area contributed by atoms with E-state index in [0.717, 1.165) is 9.64 Å². The molecule has 2 aromatic carbocycles. The second-order valence-electron chi connectivity index (χ2n) is 3.92. The molecule has 0 heterocycles. The van der Waals surface area contributed by atoms with E-state index in [9.17, 15) is 9.18 Å². The molecule has 0 aliphatic rings. The number of carbonyl (C=O) groups excluding carboxylic acids is 1. The average molecular weight is 371 g/mol. The van der Waals surface area contributed by atoms with Crippen LogP contribution in [0.3, 0.4) is 0 Å². The second-order valence-corrected chi connectivity index (χ2v) is 5.16. The highest BCUT2D eigenvalue weighted by Crippen LogP contribution is 2.25. The molecular formula is C13H11FIN3O. The molecule has 5 N–H and O–H groups in total. The zero-order chi connectivity index (χ0) is 14.0. The number of nitrogens with two attached hydrogens (primary N) is 2. The predicted octanol–water partition coefficient (Wildman–Crippen LogP) is 2.85. The number of hydrogen-bond donors (Lipinski definition) is 3. The van der Waals surface area contributed by atoms with Crippen LogP contribution in [0.25, 0.3) is 0 Å². The summed E-state index contributed by atoms with van der Waals surface area (Å²) in [4.78, 5) is 11.2. The van der Waals surface area contributed by atoms with Crippen LogP contribution in [0.2, 0.25) is 0 Å². The lowest BCUT2D eigenvalue weighted by Crippen LogP contribution is -2.14. The largest absolute Gasteiger partial charge is 0.398 e. The van der Waals surface area contributed by atoms with Crippen LogP contribution in [-0.2, 0) is 0 Å². The number of carbonyl (C=O) groups is 1. The smallest absolute Gasteiger partial charge is 0.250 e. The molecule has 0 unspecified atom stereocenters. The quantitative estimate of drug-likeness (QED) is 0.573. The van der Waals surface area contributed by atoms with Crippen LogP contribution in [0, 0.1) is 9.39 Å². The number of hydrogen-bond acceptors (Lipinski definition) is 3. The molecule has 0 spiro atoms. The Kier molecular flexibility index (Phi) is 3.89. The van der Waals surface area contributed by atoms with Gasteiger partial charge in [0.05, 0.1) is 11.3 Å². The van der Waals surface area contributed by atoms with Crippen molar-refractivity contribution >= 4 is 45.6 Å². The second kappa shape index (κ2) is 5.43. The van der Waals surface area contributed by atoms with Crippen molar-refractivity contribution in [1.82, 2.24) is 0 Å². The van der Waals surface area contributed by atoms with Gasteiger partial charge in [-0.05, 0) is 59.0 Å². The Morgan fingerprint density at radius 3 is 2.42 bits per heavy atom. The van der Waals surface area contributed by atoms with E-state index in [1.165, 1.54) is 6.07 Å². The highest BCUT2D eigenvalue weighted by Gasteiger charge is 2.12. The molecule has 6 heteroatoms. The highest BCUT2D eigenvalue weighted by molar-refractivity contribution is 14.1. The predicted molar refractivity (Wildman–Crippen MR) is 81.8 cm³/mol. The molecule has 0 aromatic heterocycles. The molecule has 98 valence electrons. The standard InChI is InChI=1S/C13H11FIN3O/c14-10-6-11(16)9(13(17)19)5-12(10)18-8-3-1-7(15)2-4-8/h1-6,18H,16H2,(H2,17,19). The van der Waals surface area contributed by atoms with E-state index in [0.29, 0.717) is 5.69 Å². The Hall–Kier alpha value is -1.83. The number of benzene rings is 2. The first kappa shape index (κ1) is 13.6. The molecule has 0 bridgehead atoms. The maximum atomic E-state index is 13.8. The summed E-state index contributed by atoms with van der Waals surface area (Å²) in [6.45, 7) is 0. The van der Waals surface area contributed by atoms with Crippen LogP contribution >= 0.6 is 22.6 Å². The SMILES string of the molecule is NC(=O)c1cc(Nc2ccc(I)cc2)c(F)cc1N. The van der Waals surface area contributed by atoms with Gasteiger partial charge in [-0.25, -0.2) is 4.39 Å². The van der Waals surface area contributed by atoms with Crippen LogP contribution in [0.4, 0.5) is 21.5 Å². The van der Waals surface area contributed by atoms with Gasteiger partial charge in [-0.1, -0.05) is 0 Å². The van der Waals surface area contributed by atoms with Crippen molar-refractivity contribution < 1.29 is 9.18 Å². The summed E-state index contributed by atoms with van der Waals surface area (Å²) in [6.07, 6.45) is 0. The van der Waals surface area contributed by atoms with Gasteiger partial charge < -0.3 is 16.8 Å². The van der Waals surface area contributed by atoms with E-state index >= 15 is 0 Å². The summed E-state index contributed by atoms with van der Waals surface area (Å²) in [7, 11) is 0. The summed E-state index contributed by atoms with van der Waals surface area (Å²) in [5.74, 6) is -1.23. The summed E-state index contributed by atoms with van der Waals surface area (Å²) in [6, 6.07) is 9.77. The van der Waals surface area contributed by atoms with Crippen molar-refractivity contribution in [1.29, 1.82) is 0 Å². The molecule has 2 aromatic rings. The normalized spacial score (nSPS) is 10.2. The number of anilines is 3. The van der Waals surface area contributed by atoms with E-state index in [-0.39, 0.29) is 16.9 Å². The van der Waals surface area contributed by atoms with E-state index < -0.39 is 11.7 Å². The topological polar surface area (TPSA) is 81.1 Å². The van der Waals surface area contributed by atoms with E-state index in [1.807, 2.05) is 24.3 Å². The molecule has 0 saturated heterocycles. The molecular weight excluding hydrogens is 360 g/mol. The summed E-state index contributed by atoms with van der Waals surface area (Å²) >= 11 is 2.17. The first-order valence-electron chi connectivity index (χ1n) is 5.39. The molecule has 19 heavy (non-hydrogen) atoms. The molecule has 0 radical (unpaired) electrons. The van der Waals surface area contributed by atoms with Gasteiger partial charge in [0, 0.05) is 14.9 Å². The van der Waals surface area contributed by atoms with Gasteiger partial charge in [-0.3, -0.25) is 4.79 Å². The minimum absolute atomic E-state index is 0.0261. The van der Waals surface area contributed by atoms with Gasteiger partial charge in [-0.2, -0.15) is 0 Å². The third kappa shape index (κ3) is 3.14. The zero-order valence-electron chi connectivity index (χ0n) is 9.78. The van der Waals surface area contributed by atoms with Crippen molar-refractivity contribution in [2.24, 2.45) is 5.73 Å². The van der Waals surface area contributed by atoms with Crippen LogP contribution in [0.5, 0.6) is 0 Å². The van der Waals surface area contributed by atoms with Gasteiger partial charge in [0.1, 0.15) is 5.82 Å². The molecule has 0 fully saturated rings. The van der Waals surface area contributed by atoms with E-state index in [4.69, 9.17) is 11.5 Å². The van der Waals surface area contributed by atoms with Gasteiger partial charge in [0.2, 0.25) is 0 Å². The average Bonchev–Trinajstić information content (AvgIpc) is 2.34. The van der Waals surface area contributed by atoms with Crippen molar-refractivity contribution in [2.45, 2.75) is 0 Å². The van der Waals surface area contributed by atoms with E-state index in [1.54, 1.807) is 0 Å². The fourth-order valence-electron chi connectivity index (χ4n) is 1.59. The number of halogens is 2. The zero-order valence-corrected chi connectivity index (χ0v) is 11.9. The van der Waals surface area contributed by atoms with Crippen LogP contribution in [-0.4, -0.2) is 5.91 Å². The molecule has 0 aliphatic heterocycles. The highest BCUT2D eigenvalue weighted by atomic mass is 127. The van der Waals surface area contributed by atoms with Gasteiger partial charge >= 0.3 is 0 Å². The van der Waals surface area contributed by atoms with Gasteiger partial charge in [0.15, 0.2) is 0 Å². The van der Waals surface area contributed by atoms with Crippen molar-refractivity contribution in [3.8, 4) is 0 Å². The number of rotatable bonds is 3. The first-order chi connectivity index (χ1) is 8.97. The fraction of sp³-hybridized carbons (Fsp3) is 0. The summed E-state index contributed by atoms with van der Waals surface area (Å²) < 4.78 is 14.8. The first-order valence-corrected chi connectivity index (χ1v) is 6.46. The van der Waals surface area contributed by atoms with Crippen molar-refractivity contribution in [3.05, 3.63) is 51.3 Å². The Labute approximate surface area is 123 Å². The Balaban J connectivity index is 2.37. The molecule has 0 aliphatic carbocycles. The molecule has 2 rings (SSSR count). The fourth-order valence-corrected chi connectivity index (χ4v) is 1.95. The minimum Gasteiger partial charge on any atom is -0.398 e. The third-order valence-electron chi connectivity index (χ3n) is 2.53. The lowest BCUT2D eigenvalue weighted by atomic mass is 10.1. The monoisotopic (exact) mass is 371 g/mol. The Morgan fingerprint density at radius 1 is 1.21 bits per heavy atom. The maximum Gasteiger partial charge on any atom is 0.250 e. The van der Waals surface area contributed by atoms with Crippen molar-refractivity contribution in [2.75, 3.05) is 11.1 Å². The van der Waals surface area contributed by atoms with Gasteiger partial charge in [0.25, 0.3) is 5.91 Å². The van der Waals surface area contributed by atoms with Crippen molar-refractivity contribution in [3.63, 3.8) is 0 Å². The molecule has 1 amide bonds. The Bertz CT molecular complexity index is 629. The minimum atomic E-state index is -0.692. The van der Waals surface area contributed by atoms with Crippen LogP contribution < -0.4 is 16.8 Å². The molecule has 0 atom stereocenters. The third-order valence-corrected chi connectivity index (χ3v) is 3.25. The van der Waals surface area contributed by atoms with Crippen LogP contribution in [0.1, 0.15) is 10.4 Å². The number of primary amides is 1. The van der Waals surface area contributed by atoms with E-state index in [2.05, 4.69) is 27.9 Å². The summed E-state index contributed by atoms with van der Waals surface area (Å²) in [5.41, 5.74) is 11.7. The van der Waals surface area contributed by atoms with Gasteiger partial charge in [-0.15, -0.1) is 0 Å². The molecule has 0 saturated carbocycles. The summed E-state index contributed by atoms with van der Waals surface area (Å²) in [5, 5.41) is 2.88. The Morgan fingerprint density at radius 2 is 1.84 bits per heavy atom. The number of nitrogen functional groups attached to an aromatic ring is 1. The molecule has 4 nitrogen and oxygen atoms in total. The number of nitrogens with one attached hydrogen (secondary N) is 1. The lowest BCUT2D eigenvalue weighted by Gasteiger charge is -2.10.